The summed E-state index contributed by atoms with van der Waals surface area (Å²) < 4.78 is 12.5. The molecule has 8 nitrogen and oxygen atoms in total. The van der Waals surface area contributed by atoms with Gasteiger partial charge in [0.1, 0.15) is 11.2 Å². The van der Waals surface area contributed by atoms with Gasteiger partial charge in [0.05, 0.1) is 18.0 Å². The number of hydrogen-bond donors (Lipinski definition) is 2. The van der Waals surface area contributed by atoms with Crippen LogP contribution in [0.25, 0.3) is 27.9 Å². The SMILES string of the molecule is COC1CN(C(O)c2cnc3ccc(-c4ccc5oc(N)nc5c4)cn23)C1. The van der Waals surface area contributed by atoms with Crippen molar-refractivity contribution in [3.8, 4) is 11.1 Å². The summed E-state index contributed by atoms with van der Waals surface area (Å²) in [6.07, 6.45) is 3.14. The number of rotatable bonds is 4. The van der Waals surface area contributed by atoms with Gasteiger partial charge in [-0.15, -0.1) is 0 Å². The van der Waals surface area contributed by atoms with Crippen LogP contribution in [0.3, 0.4) is 0 Å². The largest absolute Gasteiger partial charge is 0.424 e. The highest BCUT2D eigenvalue weighted by Crippen LogP contribution is 2.29. The van der Waals surface area contributed by atoms with E-state index in [4.69, 9.17) is 14.9 Å². The van der Waals surface area contributed by atoms with Gasteiger partial charge >= 0.3 is 0 Å². The number of nitrogens with zero attached hydrogens (tertiary/aromatic N) is 4. The van der Waals surface area contributed by atoms with Gasteiger partial charge in [0.25, 0.3) is 6.01 Å². The minimum absolute atomic E-state index is 0.154. The number of benzene rings is 1. The number of aliphatic hydroxyl groups is 1. The Bertz CT molecular complexity index is 1130. The van der Waals surface area contributed by atoms with E-state index < -0.39 is 6.23 Å². The molecular formula is C19H19N5O3. The first-order valence-corrected chi connectivity index (χ1v) is 8.71. The van der Waals surface area contributed by atoms with Crippen molar-refractivity contribution in [2.45, 2.75) is 12.3 Å². The summed E-state index contributed by atoms with van der Waals surface area (Å²) in [6.45, 7) is 1.41. The highest BCUT2D eigenvalue weighted by atomic mass is 16.5. The first-order chi connectivity index (χ1) is 13.1. The molecule has 3 N–H and O–H groups in total. The fraction of sp³-hybridized carbons (Fsp3) is 0.263. The number of pyridine rings is 1. The molecule has 1 fully saturated rings. The number of fused-ring (bicyclic) bond motifs is 2. The molecule has 1 saturated heterocycles. The molecule has 4 aromatic rings. The van der Waals surface area contributed by atoms with E-state index in [1.165, 1.54) is 0 Å². The van der Waals surface area contributed by atoms with Gasteiger partial charge in [0, 0.05) is 26.4 Å². The normalized spacial score (nSPS) is 16.8. The molecule has 0 radical (unpaired) electrons. The fourth-order valence-corrected chi connectivity index (χ4v) is 3.49. The Balaban J connectivity index is 1.52. The summed E-state index contributed by atoms with van der Waals surface area (Å²) >= 11 is 0. The monoisotopic (exact) mass is 365 g/mol. The van der Waals surface area contributed by atoms with E-state index in [2.05, 4.69) is 9.97 Å². The van der Waals surface area contributed by atoms with Crippen LogP contribution >= 0.6 is 0 Å². The average Bonchev–Trinajstić information content (AvgIpc) is 3.21. The van der Waals surface area contributed by atoms with E-state index in [0.29, 0.717) is 24.2 Å². The van der Waals surface area contributed by atoms with E-state index >= 15 is 0 Å². The van der Waals surface area contributed by atoms with Crippen LogP contribution in [0, 0.1) is 0 Å². The second-order valence-corrected chi connectivity index (χ2v) is 6.75. The second kappa shape index (κ2) is 6.05. The standard InChI is InChI=1S/C19H19N5O3/c1-26-13-9-23(10-13)18(25)15-7-21-17-5-3-12(8-24(15)17)11-2-4-16-14(6-11)22-19(20)27-16/h2-8,13,18,25H,9-10H2,1H3,(H2,20,22). The summed E-state index contributed by atoms with van der Waals surface area (Å²) in [6, 6.07) is 9.82. The topological polar surface area (TPSA) is 102 Å². The lowest BCUT2D eigenvalue weighted by Gasteiger charge is -2.40. The number of oxazole rings is 1. The Morgan fingerprint density at radius 1 is 1.26 bits per heavy atom. The van der Waals surface area contributed by atoms with Crippen LogP contribution in [0.5, 0.6) is 0 Å². The van der Waals surface area contributed by atoms with Crippen molar-refractivity contribution in [3.05, 3.63) is 48.4 Å². The number of methoxy groups -OCH3 is 1. The van der Waals surface area contributed by atoms with Gasteiger partial charge in [-0.1, -0.05) is 6.07 Å². The number of ether oxygens (including phenoxy) is 1. The van der Waals surface area contributed by atoms with Crippen LogP contribution in [-0.2, 0) is 4.74 Å². The quantitative estimate of drug-likeness (QED) is 0.570. The first-order valence-electron chi connectivity index (χ1n) is 8.71. The Hall–Kier alpha value is -2.94. The highest BCUT2D eigenvalue weighted by Gasteiger charge is 2.33. The Kier molecular flexibility index (Phi) is 3.64. The maximum atomic E-state index is 10.7. The minimum Gasteiger partial charge on any atom is -0.424 e. The molecule has 0 aliphatic carbocycles. The summed E-state index contributed by atoms with van der Waals surface area (Å²) in [5, 5.41) is 10.7. The lowest BCUT2D eigenvalue weighted by atomic mass is 10.1. The molecule has 1 atom stereocenters. The molecule has 0 spiro atoms. The van der Waals surface area contributed by atoms with Gasteiger partial charge in [-0.3, -0.25) is 9.30 Å². The maximum Gasteiger partial charge on any atom is 0.292 e. The molecule has 0 saturated carbocycles. The molecule has 0 amide bonds. The molecule has 5 rings (SSSR count). The van der Waals surface area contributed by atoms with E-state index in [9.17, 15) is 5.11 Å². The number of hydrogen-bond acceptors (Lipinski definition) is 7. The first kappa shape index (κ1) is 16.2. The van der Waals surface area contributed by atoms with Crippen LogP contribution < -0.4 is 5.73 Å². The smallest absolute Gasteiger partial charge is 0.292 e. The number of aromatic nitrogens is 3. The third-order valence-electron chi connectivity index (χ3n) is 5.09. The van der Waals surface area contributed by atoms with E-state index in [1.54, 1.807) is 13.3 Å². The van der Waals surface area contributed by atoms with Crippen LogP contribution in [-0.4, -0.2) is 50.7 Å². The molecule has 1 aliphatic heterocycles. The predicted molar refractivity (Wildman–Crippen MR) is 99.9 cm³/mol. The second-order valence-electron chi connectivity index (χ2n) is 6.75. The van der Waals surface area contributed by atoms with Crippen molar-refractivity contribution in [2.75, 3.05) is 25.9 Å². The summed E-state index contributed by atoms with van der Waals surface area (Å²) in [4.78, 5) is 10.5. The van der Waals surface area contributed by atoms with Crippen molar-refractivity contribution in [1.29, 1.82) is 0 Å². The highest BCUT2D eigenvalue weighted by molar-refractivity contribution is 5.81. The van der Waals surface area contributed by atoms with E-state index in [0.717, 1.165) is 22.5 Å². The third-order valence-corrected chi connectivity index (χ3v) is 5.09. The molecular weight excluding hydrogens is 346 g/mol. The van der Waals surface area contributed by atoms with Gasteiger partial charge in [0.2, 0.25) is 0 Å². The summed E-state index contributed by atoms with van der Waals surface area (Å²) in [5.74, 6) is 0. The minimum atomic E-state index is -0.723. The number of imidazole rings is 1. The fourth-order valence-electron chi connectivity index (χ4n) is 3.49. The van der Waals surface area contributed by atoms with Crippen LogP contribution in [0.4, 0.5) is 6.01 Å². The zero-order chi connectivity index (χ0) is 18.5. The molecule has 1 aromatic carbocycles. The van der Waals surface area contributed by atoms with Gasteiger partial charge in [-0.05, 0) is 35.4 Å². The van der Waals surface area contributed by atoms with Gasteiger partial charge in [-0.2, -0.15) is 4.98 Å². The van der Waals surface area contributed by atoms with Crippen molar-refractivity contribution < 1.29 is 14.3 Å². The Labute approximate surface area is 154 Å². The Morgan fingerprint density at radius 2 is 2.07 bits per heavy atom. The molecule has 1 unspecified atom stereocenters. The number of nitrogen functional groups attached to an aromatic ring is 1. The van der Waals surface area contributed by atoms with Crippen molar-refractivity contribution in [1.82, 2.24) is 19.3 Å². The predicted octanol–water partition coefficient (Wildman–Crippen LogP) is 2.05. The zero-order valence-corrected chi connectivity index (χ0v) is 14.7. The summed E-state index contributed by atoms with van der Waals surface area (Å²) in [5.41, 5.74) is 10.5. The molecule has 138 valence electrons. The van der Waals surface area contributed by atoms with Crippen molar-refractivity contribution in [2.24, 2.45) is 0 Å². The van der Waals surface area contributed by atoms with Gasteiger partial charge in [0.15, 0.2) is 11.8 Å². The van der Waals surface area contributed by atoms with Crippen LogP contribution in [0.1, 0.15) is 11.9 Å². The third kappa shape index (κ3) is 2.66. The number of likely N-dealkylation sites (tertiary alicyclic amines) is 1. The van der Waals surface area contributed by atoms with Crippen molar-refractivity contribution >= 4 is 22.8 Å². The zero-order valence-electron chi connectivity index (χ0n) is 14.7. The average molecular weight is 365 g/mol. The lowest BCUT2D eigenvalue weighted by molar-refractivity contribution is -0.116. The molecule has 0 bridgehead atoms. The molecule has 27 heavy (non-hydrogen) atoms. The van der Waals surface area contributed by atoms with Crippen molar-refractivity contribution in [3.63, 3.8) is 0 Å². The molecule has 3 aromatic heterocycles. The molecule has 8 heteroatoms. The lowest BCUT2D eigenvalue weighted by Crippen LogP contribution is -2.53. The maximum absolute atomic E-state index is 10.7. The number of anilines is 1. The Morgan fingerprint density at radius 3 is 2.89 bits per heavy atom. The summed E-state index contributed by atoms with van der Waals surface area (Å²) in [7, 11) is 1.69. The van der Waals surface area contributed by atoms with Gasteiger partial charge in [-0.25, -0.2) is 4.98 Å². The molecule has 1 aliphatic rings. The van der Waals surface area contributed by atoms with Gasteiger partial charge < -0.3 is 20.0 Å². The van der Waals surface area contributed by atoms with E-state index in [-0.39, 0.29) is 12.1 Å². The molecule has 4 heterocycles. The van der Waals surface area contributed by atoms with Crippen LogP contribution in [0.2, 0.25) is 0 Å². The van der Waals surface area contributed by atoms with E-state index in [1.807, 2.05) is 45.8 Å². The number of nitrogens with two attached hydrogens (primary N) is 1. The van der Waals surface area contributed by atoms with Crippen LogP contribution in [0.15, 0.2) is 47.1 Å². The number of aliphatic hydroxyl groups excluding tert-OH is 1.